The summed E-state index contributed by atoms with van der Waals surface area (Å²) in [6.07, 6.45) is 1.28. The average molecular weight is 246 g/mol. The Bertz CT molecular complexity index is 423. The van der Waals surface area contributed by atoms with E-state index >= 15 is 0 Å². The van der Waals surface area contributed by atoms with E-state index < -0.39 is 0 Å². The quantitative estimate of drug-likeness (QED) is 0.888. The fourth-order valence-corrected chi connectivity index (χ4v) is 2.92. The summed E-state index contributed by atoms with van der Waals surface area (Å²) in [5.41, 5.74) is 10.8. The molecule has 1 unspecified atom stereocenters. The molecule has 1 saturated heterocycles. The SMILES string of the molecule is Cc1ccc(C)c(C(N)CN2CCC(C)(C)C2)c1. The van der Waals surface area contributed by atoms with Crippen molar-refractivity contribution in [2.45, 2.75) is 40.2 Å². The van der Waals surface area contributed by atoms with Gasteiger partial charge in [-0.1, -0.05) is 37.6 Å². The Morgan fingerprint density at radius 1 is 1.33 bits per heavy atom. The predicted molar refractivity (Wildman–Crippen MR) is 77.7 cm³/mol. The van der Waals surface area contributed by atoms with Crippen molar-refractivity contribution >= 4 is 0 Å². The van der Waals surface area contributed by atoms with Crippen molar-refractivity contribution in [2.75, 3.05) is 19.6 Å². The number of rotatable bonds is 3. The molecule has 2 rings (SSSR count). The van der Waals surface area contributed by atoms with Gasteiger partial charge in [0.1, 0.15) is 0 Å². The summed E-state index contributed by atoms with van der Waals surface area (Å²) < 4.78 is 0. The standard InChI is InChI=1S/C16H26N2/c1-12-5-6-13(2)14(9-12)15(17)10-18-8-7-16(3,4)11-18/h5-6,9,15H,7-8,10-11,17H2,1-4H3. The van der Waals surface area contributed by atoms with E-state index in [0.717, 1.165) is 6.54 Å². The molecule has 2 N–H and O–H groups in total. The van der Waals surface area contributed by atoms with Crippen LogP contribution < -0.4 is 5.73 Å². The molecule has 1 aliphatic rings. The molecule has 1 aromatic carbocycles. The van der Waals surface area contributed by atoms with Gasteiger partial charge in [0, 0.05) is 19.1 Å². The second-order valence-corrected chi connectivity index (χ2v) is 6.62. The van der Waals surface area contributed by atoms with Crippen LogP contribution in [0, 0.1) is 19.3 Å². The molecule has 1 aromatic rings. The van der Waals surface area contributed by atoms with Gasteiger partial charge in [-0.25, -0.2) is 0 Å². The van der Waals surface area contributed by atoms with Gasteiger partial charge in [-0.3, -0.25) is 0 Å². The van der Waals surface area contributed by atoms with Crippen molar-refractivity contribution in [3.63, 3.8) is 0 Å². The number of nitrogens with zero attached hydrogens (tertiary/aromatic N) is 1. The number of hydrogen-bond donors (Lipinski definition) is 1. The smallest absolute Gasteiger partial charge is 0.0427 e. The van der Waals surface area contributed by atoms with Crippen molar-refractivity contribution < 1.29 is 0 Å². The maximum absolute atomic E-state index is 6.39. The first-order valence-corrected chi connectivity index (χ1v) is 6.92. The maximum Gasteiger partial charge on any atom is 0.0427 e. The highest BCUT2D eigenvalue weighted by Crippen LogP contribution is 2.30. The van der Waals surface area contributed by atoms with E-state index in [1.807, 2.05) is 0 Å². The first-order chi connectivity index (χ1) is 8.37. The molecule has 0 aromatic heterocycles. The molecule has 0 spiro atoms. The lowest BCUT2D eigenvalue weighted by molar-refractivity contribution is 0.276. The number of benzene rings is 1. The number of aryl methyl sites for hydroxylation is 2. The molecule has 0 aliphatic carbocycles. The minimum atomic E-state index is 0.138. The van der Waals surface area contributed by atoms with E-state index in [1.54, 1.807) is 0 Å². The third-order valence-electron chi connectivity index (χ3n) is 4.05. The van der Waals surface area contributed by atoms with Gasteiger partial charge < -0.3 is 10.6 Å². The highest BCUT2D eigenvalue weighted by molar-refractivity contribution is 5.33. The Hall–Kier alpha value is -0.860. The van der Waals surface area contributed by atoms with Gasteiger partial charge in [-0.15, -0.1) is 0 Å². The summed E-state index contributed by atoms with van der Waals surface area (Å²) >= 11 is 0. The van der Waals surface area contributed by atoms with Crippen LogP contribution in [0.1, 0.15) is 43.0 Å². The highest BCUT2D eigenvalue weighted by Gasteiger charge is 2.30. The van der Waals surface area contributed by atoms with Crippen LogP contribution in [0.25, 0.3) is 0 Å². The zero-order chi connectivity index (χ0) is 13.3. The monoisotopic (exact) mass is 246 g/mol. The molecule has 1 heterocycles. The highest BCUT2D eigenvalue weighted by atomic mass is 15.2. The minimum absolute atomic E-state index is 0.138. The van der Waals surface area contributed by atoms with Crippen LogP contribution in [-0.2, 0) is 0 Å². The molecular weight excluding hydrogens is 220 g/mol. The summed E-state index contributed by atoms with van der Waals surface area (Å²) in [5.74, 6) is 0. The second-order valence-electron chi connectivity index (χ2n) is 6.62. The van der Waals surface area contributed by atoms with Crippen LogP contribution in [0.2, 0.25) is 0 Å². The van der Waals surface area contributed by atoms with E-state index in [-0.39, 0.29) is 6.04 Å². The summed E-state index contributed by atoms with van der Waals surface area (Å²) in [7, 11) is 0. The summed E-state index contributed by atoms with van der Waals surface area (Å²) in [6, 6.07) is 6.71. The topological polar surface area (TPSA) is 29.3 Å². The summed E-state index contributed by atoms with van der Waals surface area (Å²) in [5, 5.41) is 0. The first-order valence-electron chi connectivity index (χ1n) is 6.92. The molecule has 0 amide bonds. The minimum Gasteiger partial charge on any atom is -0.323 e. The van der Waals surface area contributed by atoms with E-state index in [4.69, 9.17) is 5.73 Å². The van der Waals surface area contributed by atoms with E-state index in [1.165, 1.54) is 36.2 Å². The lowest BCUT2D eigenvalue weighted by Crippen LogP contribution is -2.32. The lowest BCUT2D eigenvalue weighted by atomic mass is 9.93. The van der Waals surface area contributed by atoms with Gasteiger partial charge in [-0.2, -0.15) is 0 Å². The third kappa shape index (κ3) is 3.12. The molecule has 1 atom stereocenters. The normalized spacial score (nSPS) is 21.2. The second kappa shape index (κ2) is 5.02. The van der Waals surface area contributed by atoms with Gasteiger partial charge >= 0.3 is 0 Å². The van der Waals surface area contributed by atoms with Crippen LogP contribution in [-0.4, -0.2) is 24.5 Å². The fraction of sp³-hybridized carbons (Fsp3) is 0.625. The third-order valence-corrected chi connectivity index (χ3v) is 4.05. The average Bonchev–Trinajstić information content (AvgIpc) is 2.61. The first kappa shape index (κ1) is 13.6. The summed E-state index contributed by atoms with van der Waals surface area (Å²) in [6.45, 7) is 12.3. The van der Waals surface area contributed by atoms with Crippen molar-refractivity contribution in [1.82, 2.24) is 4.90 Å². The van der Waals surface area contributed by atoms with Gasteiger partial charge in [0.05, 0.1) is 0 Å². The Morgan fingerprint density at radius 2 is 2.06 bits per heavy atom. The zero-order valence-corrected chi connectivity index (χ0v) is 12.2. The number of nitrogens with two attached hydrogens (primary N) is 1. The Balaban J connectivity index is 2.04. The van der Waals surface area contributed by atoms with Crippen LogP contribution in [0.3, 0.4) is 0 Å². The van der Waals surface area contributed by atoms with Crippen LogP contribution in [0.15, 0.2) is 18.2 Å². The summed E-state index contributed by atoms with van der Waals surface area (Å²) in [4.78, 5) is 2.51. The molecule has 100 valence electrons. The number of hydrogen-bond acceptors (Lipinski definition) is 2. The number of likely N-dealkylation sites (tertiary alicyclic amines) is 1. The lowest BCUT2D eigenvalue weighted by Gasteiger charge is -2.24. The molecule has 0 saturated carbocycles. The molecule has 18 heavy (non-hydrogen) atoms. The Labute approximate surface area is 111 Å². The molecule has 1 aliphatic heterocycles. The van der Waals surface area contributed by atoms with Crippen LogP contribution >= 0.6 is 0 Å². The molecule has 0 radical (unpaired) electrons. The van der Waals surface area contributed by atoms with Crippen LogP contribution in [0.4, 0.5) is 0 Å². The molecule has 1 fully saturated rings. The van der Waals surface area contributed by atoms with Crippen molar-refractivity contribution in [3.05, 3.63) is 34.9 Å². The molecular formula is C16H26N2. The molecule has 2 nitrogen and oxygen atoms in total. The van der Waals surface area contributed by atoms with Gasteiger partial charge in [0.2, 0.25) is 0 Å². The van der Waals surface area contributed by atoms with Crippen molar-refractivity contribution in [2.24, 2.45) is 11.1 Å². The van der Waals surface area contributed by atoms with Gasteiger partial charge in [-0.05, 0) is 43.4 Å². The molecule has 2 heteroatoms. The van der Waals surface area contributed by atoms with Crippen molar-refractivity contribution in [3.8, 4) is 0 Å². The van der Waals surface area contributed by atoms with Gasteiger partial charge in [0.15, 0.2) is 0 Å². The van der Waals surface area contributed by atoms with E-state index in [0.29, 0.717) is 5.41 Å². The fourth-order valence-electron chi connectivity index (χ4n) is 2.92. The van der Waals surface area contributed by atoms with E-state index in [9.17, 15) is 0 Å². The predicted octanol–water partition coefficient (Wildman–Crippen LogP) is 3.04. The van der Waals surface area contributed by atoms with Gasteiger partial charge in [0.25, 0.3) is 0 Å². The Kier molecular flexibility index (Phi) is 3.79. The maximum atomic E-state index is 6.39. The van der Waals surface area contributed by atoms with Crippen LogP contribution in [0.5, 0.6) is 0 Å². The van der Waals surface area contributed by atoms with Crippen molar-refractivity contribution in [1.29, 1.82) is 0 Å². The molecule has 0 bridgehead atoms. The largest absolute Gasteiger partial charge is 0.323 e. The zero-order valence-electron chi connectivity index (χ0n) is 12.2. The van der Waals surface area contributed by atoms with E-state index in [2.05, 4.69) is 50.8 Å². The Morgan fingerprint density at radius 3 is 2.67 bits per heavy atom.